The Morgan fingerprint density at radius 1 is 1.36 bits per heavy atom. The maximum Gasteiger partial charge on any atom is 0.119 e. The molecule has 2 heteroatoms. The van der Waals surface area contributed by atoms with Crippen LogP contribution in [0, 0.1) is 6.92 Å². The Kier molecular flexibility index (Phi) is 6.50. The Labute approximate surface area is 109 Å². The molecule has 0 aromatic heterocycles. The van der Waals surface area contributed by atoms with Gasteiger partial charge in [0.05, 0.1) is 0 Å². The maximum absolute atomic E-state index is 9.69. The fourth-order valence-corrected chi connectivity index (χ4v) is 1.66. The van der Waals surface area contributed by atoms with Crippen molar-refractivity contribution in [2.45, 2.75) is 39.5 Å². The van der Waals surface area contributed by atoms with Crippen LogP contribution in [0.3, 0.4) is 0 Å². The van der Waals surface area contributed by atoms with Crippen LogP contribution < -0.4 is 0 Å². The van der Waals surface area contributed by atoms with Gasteiger partial charge in [-0.05, 0) is 36.5 Å². The van der Waals surface area contributed by atoms with Gasteiger partial charge in [0.25, 0.3) is 0 Å². The molecule has 1 aromatic rings. The van der Waals surface area contributed by atoms with Crippen LogP contribution in [0.4, 0.5) is 0 Å². The summed E-state index contributed by atoms with van der Waals surface area (Å²) >= 11 is 0. The molecule has 14 heavy (non-hydrogen) atoms. The van der Waals surface area contributed by atoms with Crippen molar-refractivity contribution in [1.82, 2.24) is 0 Å². The first-order valence-electron chi connectivity index (χ1n) is 4.94. The standard InChI is InChI=1S/C12H18O.Na/c1-4-5-10(3)11-7-6-9(2)8-12(11)13;/h6-8,10,13H,4-5H2,1-3H3;. The van der Waals surface area contributed by atoms with Gasteiger partial charge in [-0.15, -0.1) is 0 Å². The van der Waals surface area contributed by atoms with Gasteiger partial charge in [-0.3, -0.25) is 0 Å². The van der Waals surface area contributed by atoms with Crippen molar-refractivity contribution in [1.29, 1.82) is 0 Å². The summed E-state index contributed by atoms with van der Waals surface area (Å²) in [5.41, 5.74) is 2.19. The summed E-state index contributed by atoms with van der Waals surface area (Å²) in [6.45, 7) is 6.32. The molecule has 0 fully saturated rings. The predicted octanol–water partition coefficient (Wildman–Crippen LogP) is 3.22. The average Bonchev–Trinajstić information content (AvgIpc) is 2.04. The van der Waals surface area contributed by atoms with Gasteiger partial charge < -0.3 is 5.11 Å². The number of rotatable bonds is 3. The van der Waals surface area contributed by atoms with Crippen LogP contribution in [0.15, 0.2) is 18.2 Å². The SMILES string of the molecule is CCCC(C)c1ccc(C)cc1O.[Na]. The van der Waals surface area contributed by atoms with E-state index >= 15 is 0 Å². The van der Waals surface area contributed by atoms with Crippen LogP contribution in [0.25, 0.3) is 0 Å². The molecule has 0 aliphatic heterocycles. The van der Waals surface area contributed by atoms with Crippen molar-refractivity contribution in [3.8, 4) is 5.75 Å². The first kappa shape index (κ1) is 14.0. The summed E-state index contributed by atoms with van der Waals surface area (Å²) < 4.78 is 0. The fraction of sp³-hybridized carbons (Fsp3) is 0.500. The summed E-state index contributed by atoms with van der Waals surface area (Å²) in [7, 11) is 0. The van der Waals surface area contributed by atoms with Crippen LogP contribution >= 0.6 is 0 Å². The van der Waals surface area contributed by atoms with E-state index in [-0.39, 0.29) is 29.6 Å². The molecule has 0 saturated carbocycles. The zero-order valence-corrected chi connectivity index (χ0v) is 11.7. The van der Waals surface area contributed by atoms with E-state index in [1.807, 2.05) is 19.1 Å². The molecular weight excluding hydrogens is 183 g/mol. The maximum atomic E-state index is 9.69. The van der Waals surface area contributed by atoms with E-state index in [1.165, 1.54) is 0 Å². The number of phenols is 1. The number of benzene rings is 1. The quantitative estimate of drug-likeness (QED) is 0.744. The van der Waals surface area contributed by atoms with Crippen LogP contribution in [0.5, 0.6) is 5.75 Å². The van der Waals surface area contributed by atoms with Gasteiger partial charge in [-0.1, -0.05) is 32.4 Å². The Hall–Kier alpha value is 0.0200. The number of aromatic hydroxyl groups is 1. The van der Waals surface area contributed by atoms with E-state index in [2.05, 4.69) is 19.9 Å². The summed E-state index contributed by atoms with van der Waals surface area (Å²) in [5, 5.41) is 9.69. The normalized spacial score (nSPS) is 11.9. The molecule has 1 atom stereocenters. The molecule has 0 bridgehead atoms. The number of phenolic OH excluding ortho intramolecular Hbond substituents is 1. The van der Waals surface area contributed by atoms with E-state index in [9.17, 15) is 5.11 Å². The van der Waals surface area contributed by atoms with E-state index in [4.69, 9.17) is 0 Å². The Morgan fingerprint density at radius 2 is 2.00 bits per heavy atom. The average molecular weight is 201 g/mol. The smallest absolute Gasteiger partial charge is 0.119 e. The largest absolute Gasteiger partial charge is 0.508 e. The van der Waals surface area contributed by atoms with Gasteiger partial charge in [0.2, 0.25) is 0 Å². The van der Waals surface area contributed by atoms with E-state index < -0.39 is 0 Å². The molecule has 0 aliphatic carbocycles. The molecule has 1 aromatic carbocycles. The molecule has 0 saturated heterocycles. The fourth-order valence-electron chi connectivity index (χ4n) is 1.66. The molecule has 0 amide bonds. The minimum absolute atomic E-state index is 0. The molecule has 1 nitrogen and oxygen atoms in total. The molecule has 1 rings (SSSR count). The molecule has 1 unspecified atom stereocenters. The number of hydrogen-bond acceptors (Lipinski definition) is 1. The van der Waals surface area contributed by atoms with Crippen LogP contribution in [-0.4, -0.2) is 34.7 Å². The van der Waals surface area contributed by atoms with Crippen molar-refractivity contribution < 1.29 is 5.11 Å². The Bertz CT molecular complexity index is 284. The van der Waals surface area contributed by atoms with Gasteiger partial charge in [0.1, 0.15) is 5.75 Å². The number of aryl methyl sites for hydroxylation is 1. The third kappa shape index (κ3) is 3.64. The second kappa shape index (κ2) is 6.49. The third-order valence-electron chi connectivity index (χ3n) is 2.44. The Morgan fingerprint density at radius 3 is 2.50 bits per heavy atom. The van der Waals surface area contributed by atoms with Crippen molar-refractivity contribution in [3.05, 3.63) is 29.3 Å². The van der Waals surface area contributed by atoms with Crippen molar-refractivity contribution in [3.63, 3.8) is 0 Å². The van der Waals surface area contributed by atoms with Gasteiger partial charge in [-0.25, -0.2) is 0 Å². The molecule has 1 radical (unpaired) electrons. The van der Waals surface area contributed by atoms with Gasteiger partial charge in [-0.2, -0.15) is 0 Å². The van der Waals surface area contributed by atoms with Crippen LogP contribution in [0.2, 0.25) is 0 Å². The van der Waals surface area contributed by atoms with Gasteiger partial charge in [0, 0.05) is 29.6 Å². The number of hydrogen-bond donors (Lipinski definition) is 1. The van der Waals surface area contributed by atoms with Crippen molar-refractivity contribution in [2.24, 2.45) is 0 Å². The monoisotopic (exact) mass is 201 g/mol. The van der Waals surface area contributed by atoms with E-state index in [0.717, 1.165) is 24.0 Å². The van der Waals surface area contributed by atoms with E-state index in [1.54, 1.807) is 0 Å². The first-order chi connectivity index (χ1) is 6.15. The molecule has 0 spiro atoms. The molecule has 73 valence electrons. The van der Waals surface area contributed by atoms with Crippen LogP contribution in [-0.2, 0) is 0 Å². The predicted molar refractivity (Wildman–Crippen MR) is 61.9 cm³/mol. The minimum Gasteiger partial charge on any atom is -0.508 e. The molecule has 1 N–H and O–H groups in total. The summed E-state index contributed by atoms with van der Waals surface area (Å²) in [6.07, 6.45) is 2.30. The van der Waals surface area contributed by atoms with Crippen molar-refractivity contribution >= 4 is 29.6 Å². The summed E-state index contributed by atoms with van der Waals surface area (Å²) in [6, 6.07) is 5.92. The molecular formula is C12H18NaO. The molecule has 0 heterocycles. The van der Waals surface area contributed by atoms with Gasteiger partial charge >= 0.3 is 0 Å². The molecule has 0 aliphatic rings. The van der Waals surface area contributed by atoms with Gasteiger partial charge in [0.15, 0.2) is 0 Å². The summed E-state index contributed by atoms with van der Waals surface area (Å²) in [4.78, 5) is 0. The summed E-state index contributed by atoms with van der Waals surface area (Å²) in [5.74, 6) is 0.909. The first-order valence-corrected chi connectivity index (χ1v) is 4.94. The second-order valence-corrected chi connectivity index (χ2v) is 3.75. The van der Waals surface area contributed by atoms with Crippen molar-refractivity contribution in [2.75, 3.05) is 0 Å². The minimum atomic E-state index is 0. The third-order valence-corrected chi connectivity index (χ3v) is 2.44. The topological polar surface area (TPSA) is 20.2 Å². The zero-order valence-electron chi connectivity index (χ0n) is 9.67. The van der Waals surface area contributed by atoms with Crippen LogP contribution in [0.1, 0.15) is 43.7 Å². The second-order valence-electron chi connectivity index (χ2n) is 3.75. The van der Waals surface area contributed by atoms with E-state index in [0.29, 0.717) is 11.7 Å². The Balaban J connectivity index is 0.00000169. The zero-order chi connectivity index (χ0) is 9.84.